The second-order valence-corrected chi connectivity index (χ2v) is 16.0. The van der Waals surface area contributed by atoms with Crippen molar-refractivity contribution >= 4 is 50.6 Å². The van der Waals surface area contributed by atoms with Crippen molar-refractivity contribution in [3.8, 4) is 35.0 Å². The molecule has 4 nitrogen and oxygen atoms in total. The second kappa shape index (κ2) is 12.6. The first-order chi connectivity index (χ1) is 24.7. The van der Waals surface area contributed by atoms with Gasteiger partial charge in [-0.25, -0.2) is 0 Å². The minimum Gasteiger partial charge on any atom is -0.308 e. The molecule has 50 heavy (non-hydrogen) atoms. The van der Waals surface area contributed by atoms with Gasteiger partial charge in [0.2, 0.25) is 0 Å². The van der Waals surface area contributed by atoms with E-state index in [1.54, 1.807) is 6.07 Å². The van der Waals surface area contributed by atoms with Crippen molar-refractivity contribution in [1.82, 2.24) is 4.57 Å². The third kappa shape index (κ3) is 4.64. The highest BCUT2D eigenvalue weighted by Gasteiger charge is 2.43. The van der Waals surface area contributed by atoms with E-state index in [0.29, 0.717) is 22.4 Å². The van der Waals surface area contributed by atoms with Crippen molar-refractivity contribution in [2.45, 2.75) is 0 Å². The Labute approximate surface area is 291 Å². The average molecular weight is 653 g/mol. The summed E-state index contributed by atoms with van der Waals surface area (Å²) in [7, 11) is -2.96. The zero-order valence-electron chi connectivity index (χ0n) is 27.0. The van der Waals surface area contributed by atoms with E-state index in [2.05, 4.69) is 109 Å². The van der Waals surface area contributed by atoms with E-state index in [1.807, 2.05) is 77.4 Å². The van der Waals surface area contributed by atoms with Gasteiger partial charge in [-0.05, 0) is 56.6 Å². The molecule has 7 aromatic carbocycles. The van der Waals surface area contributed by atoms with Gasteiger partial charge in [0.15, 0.2) is 8.07 Å². The third-order valence-corrected chi connectivity index (χ3v) is 14.5. The lowest BCUT2D eigenvalue weighted by Gasteiger charge is -2.36. The highest BCUT2D eigenvalue weighted by atomic mass is 28.3. The normalized spacial score (nSPS) is 11.1. The molecule has 0 aliphatic heterocycles. The van der Waals surface area contributed by atoms with Crippen molar-refractivity contribution in [2.75, 3.05) is 0 Å². The molecule has 0 atom stereocenters. The predicted octanol–water partition coefficient (Wildman–Crippen LogP) is 7.44. The number of benzene rings is 7. The van der Waals surface area contributed by atoms with Crippen molar-refractivity contribution < 1.29 is 0 Å². The Kier molecular flexibility index (Phi) is 7.63. The predicted molar refractivity (Wildman–Crippen MR) is 204 cm³/mol. The number of fused-ring (bicyclic) bond motifs is 3. The Morgan fingerprint density at radius 3 is 1.56 bits per heavy atom. The number of rotatable bonds is 6. The SMILES string of the molecule is N#Cc1ccc2c(c1)c1ccccc1n2-c1ccc(-c2ccccc2[Si](c2ccccc2)(c2ccccc2)c2ccccc2)c(C#N)c1C#N. The summed E-state index contributed by atoms with van der Waals surface area (Å²) < 4.78 is 2.04. The zero-order chi connectivity index (χ0) is 34.1. The molecule has 0 saturated heterocycles. The summed E-state index contributed by atoms with van der Waals surface area (Å²) in [5.41, 5.74) is 5.23. The molecule has 0 bridgehead atoms. The van der Waals surface area contributed by atoms with E-state index in [9.17, 15) is 15.8 Å². The van der Waals surface area contributed by atoms with Crippen molar-refractivity contribution in [3.05, 3.63) is 187 Å². The summed E-state index contributed by atoms with van der Waals surface area (Å²) in [5.74, 6) is 0. The summed E-state index contributed by atoms with van der Waals surface area (Å²) in [6.45, 7) is 0. The Morgan fingerprint density at radius 2 is 0.960 bits per heavy atom. The van der Waals surface area contributed by atoms with Gasteiger partial charge < -0.3 is 4.57 Å². The van der Waals surface area contributed by atoms with Gasteiger partial charge >= 0.3 is 0 Å². The van der Waals surface area contributed by atoms with Crippen LogP contribution in [0.25, 0.3) is 38.6 Å². The molecule has 0 spiro atoms. The Hall–Kier alpha value is -6.97. The zero-order valence-corrected chi connectivity index (χ0v) is 28.0. The quantitative estimate of drug-likeness (QED) is 0.138. The van der Waals surface area contributed by atoms with Crippen LogP contribution in [0.2, 0.25) is 0 Å². The highest BCUT2D eigenvalue weighted by molar-refractivity contribution is 7.20. The summed E-state index contributed by atoms with van der Waals surface area (Å²) in [4.78, 5) is 0. The molecule has 0 aliphatic carbocycles. The Morgan fingerprint density at radius 1 is 0.420 bits per heavy atom. The van der Waals surface area contributed by atoms with Crippen LogP contribution in [0, 0.1) is 34.0 Å². The maximum absolute atomic E-state index is 10.9. The van der Waals surface area contributed by atoms with Crippen LogP contribution in [0.15, 0.2) is 170 Å². The molecule has 8 rings (SSSR count). The molecule has 1 heterocycles. The molecule has 0 unspecified atom stereocenters. The molecule has 1 aromatic heterocycles. The maximum atomic E-state index is 10.9. The largest absolute Gasteiger partial charge is 0.308 e. The fourth-order valence-corrected chi connectivity index (χ4v) is 12.6. The van der Waals surface area contributed by atoms with Gasteiger partial charge in [0.05, 0.1) is 39.5 Å². The van der Waals surface area contributed by atoms with Crippen LogP contribution >= 0.6 is 0 Å². The Bertz CT molecular complexity index is 2580. The van der Waals surface area contributed by atoms with Gasteiger partial charge in [-0.1, -0.05) is 140 Å². The van der Waals surface area contributed by atoms with E-state index < -0.39 is 8.07 Å². The lowest BCUT2D eigenvalue weighted by atomic mass is 9.95. The Balaban J connectivity index is 1.45. The van der Waals surface area contributed by atoms with Crippen LogP contribution in [0.1, 0.15) is 16.7 Å². The van der Waals surface area contributed by atoms with E-state index in [-0.39, 0.29) is 0 Å². The minimum atomic E-state index is -2.96. The van der Waals surface area contributed by atoms with E-state index in [4.69, 9.17) is 0 Å². The van der Waals surface area contributed by atoms with Gasteiger partial charge in [-0.2, -0.15) is 15.8 Å². The number of nitriles is 3. The molecule has 0 N–H and O–H groups in total. The van der Waals surface area contributed by atoms with Crippen LogP contribution in [0.3, 0.4) is 0 Å². The van der Waals surface area contributed by atoms with E-state index in [0.717, 1.165) is 38.1 Å². The van der Waals surface area contributed by atoms with Crippen molar-refractivity contribution in [1.29, 1.82) is 15.8 Å². The van der Waals surface area contributed by atoms with Gasteiger partial charge in [0.25, 0.3) is 0 Å². The molecule has 8 aromatic rings. The minimum absolute atomic E-state index is 0.304. The van der Waals surface area contributed by atoms with Gasteiger partial charge in [0.1, 0.15) is 12.1 Å². The van der Waals surface area contributed by atoms with Gasteiger partial charge in [0, 0.05) is 16.3 Å². The van der Waals surface area contributed by atoms with Crippen LogP contribution in [-0.2, 0) is 0 Å². The number of aromatic nitrogens is 1. The fraction of sp³-hybridized carbons (Fsp3) is 0. The molecule has 232 valence electrons. The number of hydrogen-bond acceptors (Lipinski definition) is 3. The molecule has 0 amide bonds. The number of nitrogens with zero attached hydrogens (tertiary/aromatic N) is 4. The standard InChI is InChI=1S/C45H28N4Si/c46-29-32-24-26-43-39(28-32)37-20-10-12-22-42(37)49(43)44-27-25-36(40(30-47)41(44)31-48)38-21-11-13-23-45(38)50(33-14-4-1-5-15-33,34-16-6-2-7-17-34)35-18-8-3-9-19-35/h1-28H. The van der Waals surface area contributed by atoms with Gasteiger partial charge in [-0.15, -0.1) is 0 Å². The molecule has 0 radical (unpaired) electrons. The molecular formula is C45H28N4Si. The molecule has 0 saturated carbocycles. The van der Waals surface area contributed by atoms with Crippen LogP contribution in [-0.4, -0.2) is 12.6 Å². The lowest BCUT2D eigenvalue weighted by molar-refractivity contribution is 1.16. The summed E-state index contributed by atoms with van der Waals surface area (Å²) >= 11 is 0. The highest BCUT2D eigenvalue weighted by Crippen LogP contribution is 2.36. The lowest BCUT2D eigenvalue weighted by Crippen LogP contribution is -2.75. The topological polar surface area (TPSA) is 76.3 Å². The maximum Gasteiger partial charge on any atom is 0.180 e. The smallest absolute Gasteiger partial charge is 0.180 e. The average Bonchev–Trinajstić information content (AvgIpc) is 3.52. The molecule has 5 heteroatoms. The van der Waals surface area contributed by atoms with Crippen LogP contribution in [0.4, 0.5) is 0 Å². The van der Waals surface area contributed by atoms with Crippen molar-refractivity contribution in [2.24, 2.45) is 0 Å². The molecule has 0 fully saturated rings. The van der Waals surface area contributed by atoms with Crippen LogP contribution < -0.4 is 20.7 Å². The number of para-hydroxylation sites is 1. The third-order valence-electron chi connectivity index (χ3n) is 9.69. The first-order valence-corrected chi connectivity index (χ1v) is 18.4. The summed E-state index contributed by atoms with van der Waals surface area (Å²) in [5, 5.41) is 38.1. The second-order valence-electron chi connectivity index (χ2n) is 12.2. The van der Waals surface area contributed by atoms with E-state index >= 15 is 0 Å². The summed E-state index contributed by atoms with van der Waals surface area (Å²) in [6.07, 6.45) is 0. The van der Waals surface area contributed by atoms with Gasteiger partial charge in [-0.3, -0.25) is 0 Å². The first-order valence-electron chi connectivity index (χ1n) is 16.4. The number of hydrogen-bond donors (Lipinski definition) is 0. The van der Waals surface area contributed by atoms with E-state index in [1.165, 1.54) is 15.6 Å². The van der Waals surface area contributed by atoms with Crippen LogP contribution in [0.5, 0.6) is 0 Å². The molecule has 0 aliphatic rings. The monoisotopic (exact) mass is 652 g/mol. The molecular weight excluding hydrogens is 625 g/mol. The first kappa shape index (κ1) is 30.4. The van der Waals surface area contributed by atoms with Crippen molar-refractivity contribution in [3.63, 3.8) is 0 Å². The fourth-order valence-electron chi connectivity index (χ4n) is 7.61. The summed E-state index contributed by atoms with van der Waals surface area (Å²) in [6, 6.07) is 65.1.